The van der Waals surface area contributed by atoms with E-state index in [2.05, 4.69) is 24.7 Å². The summed E-state index contributed by atoms with van der Waals surface area (Å²) < 4.78 is 3.82. The third-order valence-electron chi connectivity index (χ3n) is 1.62. The van der Waals surface area contributed by atoms with Gasteiger partial charge in [0.25, 0.3) is 11.0 Å². The average Bonchev–Trinajstić information content (AvgIpc) is 2.09. The molecule has 1 aromatic rings. The molecular formula is C6H12N3S+. The summed E-state index contributed by atoms with van der Waals surface area (Å²) in [7, 11) is 3.90. The standard InChI is InChI=1S/C6H11N3S/c1-4-5-8(2)6(10)7-9(5)3/h4H2,1-3H3/p+1. The van der Waals surface area contributed by atoms with Gasteiger partial charge >= 0.3 is 0 Å². The first-order valence-electron chi connectivity index (χ1n) is 3.27. The van der Waals surface area contributed by atoms with Gasteiger partial charge in [0.05, 0.1) is 7.05 Å². The molecule has 0 fully saturated rings. The quantitative estimate of drug-likeness (QED) is 0.454. The predicted octanol–water partition coefficient (Wildman–Crippen LogP) is 0.0957. The van der Waals surface area contributed by atoms with Crippen molar-refractivity contribution in [2.45, 2.75) is 18.5 Å². The van der Waals surface area contributed by atoms with Gasteiger partial charge in [-0.05, 0) is 5.10 Å². The molecule has 0 radical (unpaired) electrons. The molecule has 10 heavy (non-hydrogen) atoms. The Labute approximate surface area is 66.1 Å². The van der Waals surface area contributed by atoms with Crippen LogP contribution in [-0.2, 0) is 20.5 Å². The number of rotatable bonds is 1. The van der Waals surface area contributed by atoms with Crippen LogP contribution >= 0.6 is 12.6 Å². The Morgan fingerprint density at radius 2 is 2.30 bits per heavy atom. The van der Waals surface area contributed by atoms with E-state index in [0.29, 0.717) is 0 Å². The van der Waals surface area contributed by atoms with Crippen LogP contribution in [0.15, 0.2) is 5.16 Å². The van der Waals surface area contributed by atoms with E-state index in [4.69, 9.17) is 0 Å². The second-order valence-corrected chi connectivity index (χ2v) is 2.65. The summed E-state index contributed by atoms with van der Waals surface area (Å²) in [6.07, 6.45) is 0.987. The molecule has 0 aliphatic carbocycles. The molecule has 0 aromatic carbocycles. The largest absolute Gasteiger partial charge is 0.291 e. The zero-order valence-corrected chi connectivity index (χ0v) is 7.39. The summed E-state index contributed by atoms with van der Waals surface area (Å²) in [5, 5.41) is 4.89. The molecule has 0 amide bonds. The van der Waals surface area contributed by atoms with Crippen molar-refractivity contribution in [3.63, 3.8) is 0 Å². The molecule has 3 nitrogen and oxygen atoms in total. The number of nitrogens with zero attached hydrogens (tertiary/aromatic N) is 3. The van der Waals surface area contributed by atoms with E-state index in [-0.39, 0.29) is 0 Å². The van der Waals surface area contributed by atoms with Crippen molar-refractivity contribution < 1.29 is 4.68 Å². The highest BCUT2D eigenvalue weighted by Crippen LogP contribution is 2.00. The molecule has 0 aliphatic heterocycles. The van der Waals surface area contributed by atoms with Crippen molar-refractivity contribution in [1.29, 1.82) is 0 Å². The van der Waals surface area contributed by atoms with Crippen molar-refractivity contribution in [3.05, 3.63) is 5.82 Å². The minimum absolute atomic E-state index is 0.763. The maximum atomic E-state index is 4.17. The van der Waals surface area contributed by atoms with E-state index >= 15 is 0 Å². The summed E-state index contributed by atoms with van der Waals surface area (Å²) in [5.41, 5.74) is 0. The van der Waals surface area contributed by atoms with Crippen molar-refractivity contribution >= 4 is 12.6 Å². The van der Waals surface area contributed by atoms with Crippen LogP contribution in [0.1, 0.15) is 12.7 Å². The summed E-state index contributed by atoms with van der Waals surface area (Å²) in [6, 6.07) is 0. The highest BCUT2D eigenvalue weighted by Gasteiger charge is 2.14. The van der Waals surface area contributed by atoms with Crippen LogP contribution < -0.4 is 4.68 Å². The van der Waals surface area contributed by atoms with Gasteiger partial charge in [-0.1, -0.05) is 19.6 Å². The normalized spacial score (nSPS) is 10.4. The van der Waals surface area contributed by atoms with Gasteiger partial charge in [-0.2, -0.15) is 0 Å². The van der Waals surface area contributed by atoms with Gasteiger partial charge in [0.15, 0.2) is 0 Å². The SMILES string of the molecule is CCc1n(C)c(S)n[n+]1C. The molecule has 0 unspecified atom stereocenters. The molecule has 0 aliphatic rings. The van der Waals surface area contributed by atoms with E-state index in [9.17, 15) is 0 Å². The second kappa shape index (κ2) is 2.62. The molecule has 4 heteroatoms. The Bertz CT molecular complexity index is 241. The maximum Gasteiger partial charge on any atom is 0.291 e. The molecule has 1 rings (SSSR count). The summed E-state index contributed by atoms with van der Waals surface area (Å²) in [6.45, 7) is 2.10. The van der Waals surface area contributed by atoms with Gasteiger partial charge < -0.3 is 0 Å². The van der Waals surface area contributed by atoms with Gasteiger partial charge in [0, 0.05) is 6.42 Å². The topological polar surface area (TPSA) is 21.7 Å². The number of thiol groups is 1. The van der Waals surface area contributed by atoms with Crippen molar-refractivity contribution in [2.75, 3.05) is 0 Å². The Balaban J connectivity index is 3.20. The van der Waals surface area contributed by atoms with Gasteiger partial charge in [0.2, 0.25) is 0 Å². The lowest BCUT2D eigenvalue weighted by Crippen LogP contribution is -2.35. The van der Waals surface area contributed by atoms with Crippen LogP contribution in [-0.4, -0.2) is 9.67 Å². The fourth-order valence-electron chi connectivity index (χ4n) is 1.06. The third kappa shape index (κ3) is 1.03. The third-order valence-corrected chi connectivity index (χ3v) is 2.01. The highest BCUT2D eigenvalue weighted by atomic mass is 32.1. The van der Waals surface area contributed by atoms with Crippen LogP contribution in [0.3, 0.4) is 0 Å². The molecule has 0 atom stereocenters. The zero-order chi connectivity index (χ0) is 7.72. The van der Waals surface area contributed by atoms with E-state index in [1.807, 2.05) is 23.3 Å². The second-order valence-electron chi connectivity index (χ2n) is 2.25. The van der Waals surface area contributed by atoms with Crippen LogP contribution in [0.2, 0.25) is 0 Å². The van der Waals surface area contributed by atoms with Gasteiger partial charge in [-0.15, -0.1) is 4.68 Å². The summed E-state index contributed by atoms with van der Waals surface area (Å²) in [4.78, 5) is 0. The highest BCUT2D eigenvalue weighted by molar-refractivity contribution is 7.80. The first kappa shape index (κ1) is 7.60. The lowest BCUT2D eigenvalue weighted by molar-refractivity contribution is -0.737. The van der Waals surface area contributed by atoms with Gasteiger partial charge in [-0.3, -0.25) is 0 Å². The summed E-state index contributed by atoms with van der Waals surface area (Å²) in [5.74, 6) is 1.19. The molecule has 0 N–H and O–H groups in total. The van der Waals surface area contributed by atoms with Gasteiger partial charge in [0.1, 0.15) is 7.05 Å². The van der Waals surface area contributed by atoms with Crippen LogP contribution in [0.4, 0.5) is 0 Å². The van der Waals surface area contributed by atoms with E-state index in [1.54, 1.807) is 0 Å². The molecular weight excluding hydrogens is 146 g/mol. The maximum absolute atomic E-state index is 4.17. The fraction of sp³-hybridized carbons (Fsp3) is 0.667. The number of aromatic nitrogens is 3. The van der Waals surface area contributed by atoms with Crippen LogP contribution in [0.5, 0.6) is 0 Å². The molecule has 0 saturated heterocycles. The molecule has 0 bridgehead atoms. The Kier molecular flexibility index (Phi) is 1.99. The Morgan fingerprint density at radius 1 is 1.70 bits per heavy atom. The minimum atomic E-state index is 0.763. The van der Waals surface area contributed by atoms with E-state index in [0.717, 1.165) is 11.6 Å². The molecule has 1 heterocycles. The first-order chi connectivity index (χ1) is 4.66. The monoisotopic (exact) mass is 158 g/mol. The van der Waals surface area contributed by atoms with Crippen LogP contribution in [0, 0.1) is 0 Å². The molecule has 0 saturated carbocycles. The van der Waals surface area contributed by atoms with Crippen molar-refractivity contribution in [1.82, 2.24) is 9.67 Å². The van der Waals surface area contributed by atoms with Crippen molar-refractivity contribution in [2.24, 2.45) is 14.1 Å². The molecule has 1 aromatic heterocycles. The predicted molar refractivity (Wildman–Crippen MR) is 41.0 cm³/mol. The average molecular weight is 158 g/mol. The molecule has 56 valence electrons. The Morgan fingerprint density at radius 3 is 2.50 bits per heavy atom. The lowest BCUT2D eigenvalue weighted by atomic mass is 10.4. The zero-order valence-electron chi connectivity index (χ0n) is 6.50. The minimum Gasteiger partial charge on any atom is -0.208 e. The smallest absolute Gasteiger partial charge is 0.208 e. The Hall–Kier alpha value is -0.510. The number of hydrogen-bond acceptors (Lipinski definition) is 2. The van der Waals surface area contributed by atoms with E-state index in [1.165, 1.54) is 5.82 Å². The lowest BCUT2D eigenvalue weighted by Gasteiger charge is -1.88. The first-order valence-corrected chi connectivity index (χ1v) is 3.72. The fourth-order valence-corrected chi connectivity index (χ4v) is 1.31. The number of hydrogen-bond donors (Lipinski definition) is 1. The molecule has 0 spiro atoms. The number of aryl methyl sites for hydroxylation is 1. The van der Waals surface area contributed by atoms with Crippen LogP contribution in [0.25, 0.3) is 0 Å². The summed E-state index contributed by atoms with van der Waals surface area (Å²) >= 11 is 4.17. The van der Waals surface area contributed by atoms with Gasteiger partial charge in [-0.25, -0.2) is 4.57 Å². The van der Waals surface area contributed by atoms with Crippen molar-refractivity contribution in [3.8, 4) is 0 Å². The van der Waals surface area contributed by atoms with E-state index < -0.39 is 0 Å².